The fourth-order valence-electron chi connectivity index (χ4n) is 1.56. The van der Waals surface area contributed by atoms with Crippen LogP contribution in [0.3, 0.4) is 0 Å². The third kappa shape index (κ3) is 3.01. The molecule has 0 atom stereocenters. The number of rotatable bonds is 3. The van der Waals surface area contributed by atoms with Crippen molar-refractivity contribution in [1.82, 2.24) is 4.98 Å². The molecule has 0 amide bonds. The van der Waals surface area contributed by atoms with Gasteiger partial charge in [-0.3, -0.25) is 9.78 Å². The van der Waals surface area contributed by atoms with Gasteiger partial charge in [-0.2, -0.15) is 0 Å². The lowest BCUT2D eigenvalue weighted by molar-refractivity contribution is 0.0989. The molecule has 19 heavy (non-hydrogen) atoms. The molecular formula is C13H7BrF3NO. The average molecular weight is 330 g/mol. The molecule has 0 aliphatic heterocycles. The molecule has 0 N–H and O–H groups in total. The molecule has 2 aromatic rings. The highest BCUT2D eigenvalue weighted by Gasteiger charge is 2.17. The van der Waals surface area contributed by atoms with Gasteiger partial charge in [0.25, 0.3) is 0 Å². The molecule has 0 radical (unpaired) electrons. The minimum Gasteiger partial charge on any atom is -0.294 e. The smallest absolute Gasteiger partial charge is 0.169 e. The van der Waals surface area contributed by atoms with Gasteiger partial charge < -0.3 is 0 Å². The summed E-state index contributed by atoms with van der Waals surface area (Å²) < 4.78 is 40.2. The van der Waals surface area contributed by atoms with Gasteiger partial charge in [-0.05, 0) is 34.1 Å². The maximum atomic E-state index is 13.7. The Bertz CT molecular complexity index is 646. The Morgan fingerprint density at radius 1 is 1.21 bits per heavy atom. The first-order valence-corrected chi connectivity index (χ1v) is 6.04. The van der Waals surface area contributed by atoms with E-state index in [-0.39, 0.29) is 15.6 Å². The van der Waals surface area contributed by atoms with Crippen molar-refractivity contribution in [2.24, 2.45) is 0 Å². The summed E-state index contributed by atoms with van der Waals surface area (Å²) in [6, 6.07) is 3.24. The second-order valence-corrected chi connectivity index (χ2v) is 4.67. The van der Waals surface area contributed by atoms with E-state index < -0.39 is 29.7 Å². The van der Waals surface area contributed by atoms with Crippen LogP contribution in [0.15, 0.2) is 35.1 Å². The molecule has 6 heteroatoms. The predicted molar refractivity (Wildman–Crippen MR) is 66.3 cm³/mol. The number of benzene rings is 1. The van der Waals surface area contributed by atoms with Crippen molar-refractivity contribution in [3.63, 3.8) is 0 Å². The fraction of sp³-hybridized carbons (Fsp3) is 0.0769. The zero-order chi connectivity index (χ0) is 14.0. The number of pyridine rings is 1. The first-order chi connectivity index (χ1) is 8.99. The van der Waals surface area contributed by atoms with E-state index >= 15 is 0 Å². The van der Waals surface area contributed by atoms with Crippen molar-refractivity contribution in [3.8, 4) is 0 Å². The van der Waals surface area contributed by atoms with Gasteiger partial charge in [0.2, 0.25) is 0 Å². The molecule has 0 spiro atoms. The topological polar surface area (TPSA) is 30.0 Å². The van der Waals surface area contributed by atoms with Crippen LogP contribution < -0.4 is 0 Å². The van der Waals surface area contributed by atoms with Crippen molar-refractivity contribution < 1.29 is 18.0 Å². The SMILES string of the molecule is O=C(Cc1c(F)ccc(Br)c1F)c1cncc(F)c1. The molecule has 0 aliphatic rings. The molecule has 0 saturated heterocycles. The Labute approximate surface area is 115 Å². The van der Waals surface area contributed by atoms with E-state index in [0.717, 1.165) is 24.5 Å². The summed E-state index contributed by atoms with van der Waals surface area (Å²) in [5.74, 6) is -2.94. The Morgan fingerprint density at radius 2 is 1.95 bits per heavy atom. The van der Waals surface area contributed by atoms with Crippen LogP contribution in [0.2, 0.25) is 0 Å². The second kappa shape index (κ2) is 5.52. The third-order valence-electron chi connectivity index (χ3n) is 2.50. The van der Waals surface area contributed by atoms with Crippen LogP contribution in [0.4, 0.5) is 13.2 Å². The second-order valence-electron chi connectivity index (χ2n) is 3.81. The van der Waals surface area contributed by atoms with Gasteiger partial charge in [0, 0.05) is 23.7 Å². The molecule has 98 valence electrons. The predicted octanol–water partition coefficient (Wildman–Crippen LogP) is 3.69. The number of nitrogens with zero attached hydrogens (tertiary/aromatic N) is 1. The van der Waals surface area contributed by atoms with E-state index in [9.17, 15) is 18.0 Å². The molecule has 0 fully saturated rings. The highest BCUT2D eigenvalue weighted by Crippen LogP contribution is 2.23. The Morgan fingerprint density at radius 3 is 2.63 bits per heavy atom. The Kier molecular flexibility index (Phi) is 3.99. The number of Topliss-reactive ketones (excluding diaryl/α,β-unsaturated/α-hetero) is 1. The lowest BCUT2D eigenvalue weighted by Crippen LogP contribution is -2.08. The zero-order valence-corrected chi connectivity index (χ0v) is 11.0. The fourth-order valence-corrected chi connectivity index (χ4v) is 1.93. The maximum Gasteiger partial charge on any atom is 0.169 e. The van der Waals surface area contributed by atoms with E-state index in [1.165, 1.54) is 6.07 Å². The summed E-state index contributed by atoms with van der Waals surface area (Å²) in [6.45, 7) is 0. The van der Waals surface area contributed by atoms with Crippen molar-refractivity contribution in [2.45, 2.75) is 6.42 Å². The lowest BCUT2D eigenvalue weighted by Gasteiger charge is -2.06. The largest absolute Gasteiger partial charge is 0.294 e. The van der Waals surface area contributed by atoms with Crippen LogP contribution >= 0.6 is 15.9 Å². The molecule has 0 bridgehead atoms. The van der Waals surface area contributed by atoms with Crippen LogP contribution in [-0.2, 0) is 6.42 Å². The zero-order valence-electron chi connectivity index (χ0n) is 9.46. The first-order valence-electron chi connectivity index (χ1n) is 5.25. The monoisotopic (exact) mass is 329 g/mol. The molecule has 0 unspecified atom stereocenters. The highest BCUT2D eigenvalue weighted by molar-refractivity contribution is 9.10. The standard InChI is InChI=1S/C13H7BrF3NO/c14-10-1-2-11(16)9(13(10)17)4-12(19)7-3-8(15)6-18-5-7/h1-3,5-6H,4H2. The molecule has 0 saturated carbocycles. The Hall–Kier alpha value is -1.69. The molecule has 1 aromatic carbocycles. The number of halogens is 4. The summed E-state index contributed by atoms with van der Waals surface area (Å²) in [5, 5.41) is 0. The van der Waals surface area contributed by atoms with Crippen LogP contribution in [0, 0.1) is 17.5 Å². The van der Waals surface area contributed by atoms with Crippen LogP contribution in [0.25, 0.3) is 0 Å². The number of aromatic nitrogens is 1. The molecule has 1 heterocycles. The number of hydrogen-bond donors (Lipinski definition) is 0. The van der Waals surface area contributed by atoms with E-state index in [0.29, 0.717) is 0 Å². The van der Waals surface area contributed by atoms with Crippen LogP contribution in [-0.4, -0.2) is 10.8 Å². The van der Waals surface area contributed by atoms with Gasteiger partial charge >= 0.3 is 0 Å². The third-order valence-corrected chi connectivity index (χ3v) is 3.12. The number of carbonyl (C=O) groups is 1. The molecule has 1 aromatic heterocycles. The summed E-state index contributed by atoms with van der Waals surface area (Å²) in [5.41, 5.74) is -0.387. The summed E-state index contributed by atoms with van der Waals surface area (Å²) in [6.07, 6.45) is 1.60. The number of ketones is 1. The van der Waals surface area contributed by atoms with Crippen molar-refractivity contribution in [2.75, 3.05) is 0 Å². The average Bonchev–Trinajstić information content (AvgIpc) is 2.39. The summed E-state index contributed by atoms with van der Waals surface area (Å²) in [4.78, 5) is 15.3. The first kappa shape index (κ1) is 13.7. The van der Waals surface area contributed by atoms with Gasteiger partial charge in [-0.15, -0.1) is 0 Å². The van der Waals surface area contributed by atoms with E-state index in [2.05, 4.69) is 20.9 Å². The quantitative estimate of drug-likeness (QED) is 0.635. The minimum atomic E-state index is -0.835. The van der Waals surface area contributed by atoms with E-state index in [4.69, 9.17) is 0 Å². The van der Waals surface area contributed by atoms with Gasteiger partial charge in [-0.25, -0.2) is 13.2 Å². The maximum absolute atomic E-state index is 13.7. The lowest BCUT2D eigenvalue weighted by atomic mass is 10.0. The van der Waals surface area contributed by atoms with Gasteiger partial charge in [0.15, 0.2) is 5.78 Å². The normalized spacial score (nSPS) is 10.5. The van der Waals surface area contributed by atoms with Crippen LogP contribution in [0.5, 0.6) is 0 Å². The highest BCUT2D eigenvalue weighted by atomic mass is 79.9. The van der Waals surface area contributed by atoms with Gasteiger partial charge in [0.1, 0.15) is 17.5 Å². The number of hydrogen-bond acceptors (Lipinski definition) is 2. The molecular weight excluding hydrogens is 323 g/mol. The molecule has 2 nitrogen and oxygen atoms in total. The van der Waals surface area contributed by atoms with E-state index in [1.54, 1.807) is 0 Å². The van der Waals surface area contributed by atoms with Crippen LogP contribution in [0.1, 0.15) is 15.9 Å². The molecule has 0 aliphatic carbocycles. The summed E-state index contributed by atoms with van der Waals surface area (Å²) >= 11 is 2.91. The summed E-state index contributed by atoms with van der Waals surface area (Å²) in [7, 11) is 0. The van der Waals surface area contributed by atoms with Crippen molar-refractivity contribution in [3.05, 3.63) is 63.6 Å². The minimum absolute atomic E-state index is 0.0289. The van der Waals surface area contributed by atoms with E-state index in [1.807, 2.05) is 0 Å². The van der Waals surface area contributed by atoms with Crippen molar-refractivity contribution in [1.29, 1.82) is 0 Å². The van der Waals surface area contributed by atoms with Gasteiger partial charge in [-0.1, -0.05) is 0 Å². The van der Waals surface area contributed by atoms with Crippen molar-refractivity contribution >= 4 is 21.7 Å². The van der Waals surface area contributed by atoms with Gasteiger partial charge in [0.05, 0.1) is 10.7 Å². The molecule has 2 rings (SSSR count). The Balaban J connectivity index is 2.32. The number of carbonyl (C=O) groups excluding carboxylic acids is 1.